The number of imide groups is 1. The Hall–Kier alpha value is -3.58. The third-order valence-electron chi connectivity index (χ3n) is 7.58. The summed E-state index contributed by atoms with van der Waals surface area (Å²) in [6.07, 6.45) is 5.27. The number of amides is 3. The van der Waals surface area contributed by atoms with Crippen LogP contribution in [-0.4, -0.2) is 64.9 Å². The van der Waals surface area contributed by atoms with E-state index in [1.807, 2.05) is 35.1 Å². The highest BCUT2D eigenvalue weighted by Gasteiger charge is 2.40. The second-order valence-electron chi connectivity index (χ2n) is 10.6. The molecule has 3 heterocycles. The zero-order chi connectivity index (χ0) is 33.1. The van der Waals surface area contributed by atoms with Crippen molar-refractivity contribution < 1.29 is 19.1 Å². The van der Waals surface area contributed by atoms with E-state index in [0.29, 0.717) is 47.5 Å². The van der Waals surface area contributed by atoms with Crippen LogP contribution in [0.5, 0.6) is 0 Å². The van der Waals surface area contributed by atoms with E-state index >= 15 is 4.39 Å². The average molecular weight is 746 g/mol. The Morgan fingerprint density at radius 3 is 2.60 bits per heavy atom. The fourth-order valence-electron chi connectivity index (χ4n) is 5.46. The van der Waals surface area contributed by atoms with Crippen molar-refractivity contribution in [2.24, 2.45) is 10.7 Å². The van der Waals surface area contributed by atoms with Gasteiger partial charge in [-0.05, 0) is 94.8 Å². The lowest BCUT2D eigenvalue weighted by molar-refractivity contribution is -0.120. The van der Waals surface area contributed by atoms with Gasteiger partial charge in [-0.15, -0.1) is 9.80 Å². The lowest BCUT2D eigenvalue weighted by atomic mass is 9.77. The molecule has 2 saturated heterocycles. The number of anilines is 1. The summed E-state index contributed by atoms with van der Waals surface area (Å²) in [4.78, 5) is 36.0. The number of urea groups is 1. The summed E-state index contributed by atoms with van der Waals surface area (Å²) in [6.45, 7) is 7.22. The number of aromatic nitrogens is 1. The molecular formula is C32H37FIN7O3S. The van der Waals surface area contributed by atoms with Crippen LogP contribution in [0.25, 0.3) is 10.9 Å². The number of piperidine rings is 1. The van der Waals surface area contributed by atoms with Crippen LogP contribution < -0.4 is 16.0 Å². The van der Waals surface area contributed by atoms with Crippen LogP contribution in [0.15, 0.2) is 65.4 Å². The van der Waals surface area contributed by atoms with Crippen molar-refractivity contribution in [1.82, 2.24) is 15.2 Å². The number of nitriles is 1. The van der Waals surface area contributed by atoms with E-state index in [0.717, 1.165) is 5.57 Å². The van der Waals surface area contributed by atoms with Crippen LogP contribution in [0, 0.1) is 17.1 Å². The number of nitrogens with zero attached hydrogens (tertiary/aromatic N) is 5. The molecule has 3 aromatic rings. The predicted molar refractivity (Wildman–Crippen MR) is 188 cm³/mol. The van der Waals surface area contributed by atoms with Gasteiger partial charge in [0.15, 0.2) is 0 Å². The molecule has 2 fully saturated rings. The number of fused-ring (bicyclic) bond motifs is 1. The van der Waals surface area contributed by atoms with Crippen molar-refractivity contribution >= 4 is 71.4 Å². The van der Waals surface area contributed by atoms with Crippen LogP contribution in [0.2, 0.25) is 0 Å². The predicted octanol–water partition coefficient (Wildman–Crippen LogP) is 5.77. The average Bonchev–Trinajstić information content (AvgIpc) is 3.05. The number of thiol groups is 1. The van der Waals surface area contributed by atoms with E-state index in [1.165, 1.54) is 17.3 Å². The maximum atomic E-state index is 16.0. The standard InChI is InChI=1S/C30H30FN7O3.C2H6.HIS/c1-30(41)18-37(17-20(14-33)15-34-21-4-2-19(13-32)3-5-21)10-8-25(30)23-6-7-26-24(28(23)31)12-22(16-35-26)38-11-9-27(39)36-29(38)40;2*1-2/h2-7,12,14-16,25,41H,8-11,17-18,33H2,1H3,(H,36,39,40);1-2H3;2H/b20-14+,34-15?;;. The number of pyridine rings is 1. The molecule has 0 saturated carbocycles. The molecular weight excluding hydrogens is 708 g/mol. The number of carbonyl (C=O) groups excluding carboxylic acids is 2. The minimum atomic E-state index is -1.24. The van der Waals surface area contributed by atoms with E-state index in [2.05, 4.69) is 36.1 Å². The van der Waals surface area contributed by atoms with Gasteiger partial charge in [0.1, 0.15) is 5.82 Å². The van der Waals surface area contributed by atoms with Gasteiger partial charge in [0.25, 0.3) is 0 Å². The normalized spacial score (nSPS) is 20.5. The topological polar surface area (TPSA) is 148 Å². The number of β-amino-alcohol motifs (C(OH)–C–C–N with tert-alkyl or cyclic N) is 1. The van der Waals surface area contributed by atoms with Crippen molar-refractivity contribution in [3.63, 3.8) is 0 Å². The van der Waals surface area contributed by atoms with Crippen LogP contribution >= 0.6 is 31.0 Å². The fraction of sp³-hybridized carbons (Fsp3) is 0.344. The van der Waals surface area contributed by atoms with Gasteiger partial charge in [0.2, 0.25) is 5.91 Å². The maximum absolute atomic E-state index is 16.0. The maximum Gasteiger partial charge on any atom is 0.328 e. The Balaban J connectivity index is 0.00000133. The molecule has 0 spiro atoms. The van der Waals surface area contributed by atoms with E-state index < -0.39 is 23.4 Å². The summed E-state index contributed by atoms with van der Waals surface area (Å²) in [5, 5.41) is 22.9. The van der Waals surface area contributed by atoms with Gasteiger partial charge in [-0.1, -0.05) is 19.9 Å². The molecule has 1 aromatic heterocycles. The van der Waals surface area contributed by atoms with Crippen molar-refractivity contribution in [3.8, 4) is 6.07 Å². The van der Waals surface area contributed by atoms with Gasteiger partial charge in [-0.2, -0.15) is 5.26 Å². The molecule has 0 radical (unpaired) electrons. The van der Waals surface area contributed by atoms with Crippen LogP contribution in [0.1, 0.15) is 50.7 Å². The molecule has 10 nitrogen and oxygen atoms in total. The number of rotatable bonds is 6. The molecule has 0 aliphatic carbocycles. The summed E-state index contributed by atoms with van der Waals surface area (Å²) in [7, 11) is 3.50. The van der Waals surface area contributed by atoms with Crippen LogP contribution in [-0.2, 0) is 4.79 Å². The van der Waals surface area contributed by atoms with Crippen molar-refractivity contribution in [2.75, 3.05) is 31.1 Å². The highest BCUT2D eigenvalue weighted by atomic mass is 127. The molecule has 238 valence electrons. The number of hydrogen-bond donors (Lipinski definition) is 4. The first-order chi connectivity index (χ1) is 21.7. The Kier molecular flexibility index (Phi) is 13.3. The zero-order valence-corrected chi connectivity index (χ0v) is 28.4. The third-order valence-corrected chi connectivity index (χ3v) is 7.58. The molecule has 3 amide bonds. The minimum absolute atomic E-state index is 0.149. The van der Waals surface area contributed by atoms with Gasteiger partial charge in [0, 0.05) is 43.6 Å². The van der Waals surface area contributed by atoms with Gasteiger partial charge >= 0.3 is 6.03 Å². The van der Waals surface area contributed by atoms with Crippen molar-refractivity contribution in [1.29, 1.82) is 5.26 Å². The molecule has 2 aromatic carbocycles. The number of halogens is 2. The monoisotopic (exact) mass is 745 g/mol. The molecule has 45 heavy (non-hydrogen) atoms. The quantitative estimate of drug-likeness (QED) is 0.142. The number of benzene rings is 2. The van der Waals surface area contributed by atoms with E-state index in [9.17, 15) is 14.7 Å². The highest BCUT2D eigenvalue weighted by Crippen LogP contribution is 2.39. The number of aliphatic imine (C=N–C) groups is 1. The van der Waals surface area contributed by atoms with Crippen molar-refractivity contribution in [2.45, 2.75) is 45.1 Å². The Labute approximate surface area is 280 Å². The SMILES string of the molecule is CC.CC1(O)CN(C/C(C=Nc2ccc(C#N)cc2)=C/N)CCC1c1ccc2ncc(N3CCC(=O)NC3=O)cc2c1F.SI. The number of hydrogen-bond acceptors (Lipinski definition) is 9. The molecule has 2 aliphatic rings. The number of carbonyl (C=O) groups is 2. The molecule has 2 atom stereocenters. The smallest absolute Gasteiger partial charge is 0.328 e. The number of likely N-dealkylation sites (tertiary alicyclic amines) is 1. The van der Waals surface area contributed by atoms with Gasteiger partial charge < -0.3 is 10.8 Å². The molecule has 2 aliphatic heterocycles. The molecule has 13 heteroatoms. The first-order valence-electron chi connectivity index (χ1n) is 14.4. The number of nitrogens with two attached hydrogens (primary N) is 1. The Morgan fingerprint density at radius 2 is 1.98 bits per heavy atom. The van der Waals surface area contributed by atoms with Crippen molar-refractivity contribution in [3.05, 3.63) is 77.4 Å². The second-order valence-corrected chi connectivity index (χ2v) is 10.6. The summed E-state index contributed by atoms with van der Waals surface area (Å²) >= 11 is 1.84. The molecule has 4 N–H and O–H groups in total. The molecule has 0 bridgehead atoms. The van der Waals surface area contributed by atoms with Gasteiger partial charge in [-0.25, -0.2) is 9.18 Å². The largest absolute Gasteiger partial charge is 0.404 e. The van der Waals surface area contributed by atoms with Crippen LogP contribution in [0.4, 0.5) is 20.6 Å². The molecule has 5 rings (SSSR count). The number of nitrogens with one attached hydrogen (secondary N) is 1. The third kappa shape index (κ3) is 8.78. The Morgan fingerprint density at radius 1 is 1.27 bits per heavy atom. The zero-order valence-electron chi connectivity index (χ0n) is 25.4. The lowest BCUT2D eigenvalue weighted by Crippen LogP contribution is -2.51. The van der Waals surface area contributed by atoms with E-state index in [1.54, 1.807) is 55.6 Å². The fourth-order valence-corrected chi connectivity index (χ4v) is 5.46. The second kappa shape index (κ2) is 16.6. The Bertz CT molecular complexity index is 1610. The first-order valence-corrected chi connectivity index (χ1v) is 17.7. The summed E-state index contributed by atoms with van der Waals surface area (Å²) in [5.74, 6) is -1.31. The van der Waals surface area contributed by atoms with Crippen LogP contribution in [0.3, 0.4) is 0 Å². The summed E-state index contributed by atoms with van der Waals surface area (Å²) < 4.78 is 16.0. The lowest BCUT2D eigenvalue weighted by Gasteiger charge is -2.43. The van der Waals surface area contributed by atoms with E-state index in [4.69, 9.17) is 11.0 Å². The number of aliphatic hydroxyl groups is 1. The van der Waals surface area contributed by atoms with E-state index in [-0.39, 0.29) is 30.8 Å². The van der Waals surface area contributed by atoms with Gasteiger partial charge in [0.05, 0.1) is 40.3 Å². The first kappa shape index (κ1) is 35.9. The van der Waals surface area contributed by atoms with Gasteiger partial charge in [-0.3, -0.25) is 29.9 Å². The summed E-state index contributed by atoms with van der Waals surface area (Å²) in [6, 6.07) is 13.3. The summed E-state index contributed by atoms with van der Waals surface area (Å²) in [5.41, 5.74) is 7.81. The minimum Gasteiger partial charge on any atom is -0.404 e. The molecule has 2 unspecified atom stereocenters. The highest BCUT2D eigenvalue weighted by molar-refractivity contribution is 14.2.